The first-order chi connectivity index (χ1) is 4.35. The van der Waals surface area contributed by atoms with Crippen LogP contribution in [0.25, 0.3) is 0 Å². The molecule has 0 aromatic rings. The van der Waals surface area contributed by atoms with Gasteiger partial charge in [-0.05, 0) is 25.7 Å². The number of rotatable bonds is 1. The molecule has 0 spiro atoms. The van der Waals surface area contributed by atoms with Crippen LogP contribution in [0.3, 0.4) is 0 Å². The molecule has 0 unspecified atom stereocenters. The van der Waals surface area contributed by atoms with Crippen LogP contribution in [0, 0.1) is 0 Å². The zero-order chi connectivity index (χ0) is 6.32. The molecule has 2 aliphatic rings. The lowest BCUT2D eigenvalue weighted by atomic mass is 9.90. The van der Waals surface area contributed by atoms with E-state index in [-0.39, 0.29) is 0 Å². The lowest BCUT2D eigenvalue weighted by Gasteiger charge is -2.20. The van der Waals surface area contributed by atoms with Gasteiger partial charge in [-0.1, -0.05) is 22.6 Å². The summed E-state index contributed by atoms with van der Waals surface area (Å²) in [7, 11) is 0. The maximum Gasteiger partial charge on any atom is 0.0777 e. The minimum absolute atomic E-state index is 0.339. The first-order valence-corrected chi connectivity index (χ1v) is 5.11. The van der Waals surface area contributed by atoms with E-state index >= 15 is 0 Å². The number of ether oxygens (including phenoxy) is 1. The molecular formula is C7H11IO. The normalized spacial score (nSPS) is 48.3. The number of fused-ring (bicyclic) bond motifs is 2. The van der Waals surface area contributed by atoms with Gasteiger partial charge in [-0.2, -0.15) is 0 Å². The zero-order valence-electron chi connectivity index (χ0n) is 5.40. The summed E-state index contributed by atoms with van der Waals surface area (Å²) in [5.74, 6) is 0. The van der Waals surface area contributed by atoms with Crippen LogP contribution in [0.2, 0.25) is 0 Å². The van der Waals surface area contributed by atoms with Gasteiger partial charge in [-0.15, -0.1) is 0 Å². The highest BCUT2D eigenvalue weighted by molar-refractivity contribution is 14.1. The summed E-state index contributed by atoms with van der Waals surface area (Å²) < 4.78 is 7.00. The van der Waals surface area contributed by atoms with Crippen molar-refractivity contribution >= 4 is 22.6 Å². The molecule has 0 saturated carbocycles. The van der Waals surface area contributed by atoms with E-state index in [1.165, 1.54) is 30.1 Å². The highest BCUT2D eigenvalue weighted by Gasteiger charge is 2.44. The lowest BCUT2D eigenvalue weighted by molar-refractivity contribution is 0.0343. The number of hydrogen-bond donors (Lipinski definition) is 0. The van der Waals surface area contributed by atoms with E-state index in [9.17, 15) is 0 Å². The largest absolute Gasteiger partial charge is 0.371 e. The van der Waals surface area contributed by atoms with Crippen molar-refractivity contribution in [1.82, 2.24) is 0 Å². The molecule has 2 aliphatic heterocycles. The van der Waals surface area contributed by atoms with Gasteiger partial charge in [0.25, 0.3) is 0 Å². The number of alkyl halides is 1. The fraction of sp³-hybridized carbons (Fsp3) is 1.00. The van der Waals surface area contributed by atoms with Crippen LogP contribution in [0.1, 0.15) is 25.7 Å². The van der Waals surface area contributed by atoms with Gasteiger partial charge >= 0.3 is 0 Å². The summed E-state index contributed by atoms with van der Waals surface area (Å²) in [6.45, 7) is 0. The van der Waals surface area contributed by atoms with E-state index in [0.29, 0.717) is 11.7 Å². The van der Waals surface area contributed by atoms with Gasteiger partial charge in [-0.3, -0.25) is 0 Å². The quantitative estimate of drug-likeness (QED) is 0.502. The second kappa shape index (κ2) is 2.09. The van der Waals surface area contributed by atoms with Crippen molar-refractivity contribution in [3.8, 4) is 0 Å². The van der Waals surface area contributed by atoms with E-state index in [2.05, 4.69) is 22.6 Å². The van der Waals surface area contributed by atoms with Crippen LogP contribution >= 0.6 is 22.6 Å². The summed E-state index contributed by atoms with van der Waals surface area (Å²) in [6, 6.07) is 0. The van der Waals surface area contributed by atoms with Gasteiger partial charge in [0, 0.05) is 4.43 Å². The topological polar surface area (TPSA) is 9.23 Å². The van der Waals surface area contributed by atoms with Crippen molar-refractivity contribution in [2.24, 2.45) is 0 Å². The second-order valence-electron chi connectivity index (χ2n) is 3.13. The Morgan fingerprint density at radius 2 is 2.11 bits per heavy atom. The van der Waals surface area contributed by atoms with Crippen LogP contribution in [0.4, 0.5) is 0 Å². The Labute approximate surface area is 69.3 Å². The van der Waals surface area contributed by atoms with Crippen LogP contribution in [-0.2, 0) is 4.74 Å². The Kier molecular flexibility index (Phi) is 1.49. The molecule has 2 fully saturated rings. The van der Waals surface area contributed by atoms with E-state index in [4.69, 9.17) is 4.74 Å². The fourth-order valence-electron chi connectivity index (χ4n) is 1.87. The van der Waals surface area contributed by atoms with Crippen molar-refractivity contribution in [1.29, 1.82) is 0 Å². The van der Waals surface area contributed by atoms with Crippen molar-refractivity contribution in [2.45, 2.75) is 37.4 Å². The Balaban J connectivity index is 2.13. The highest BCUT2D eigenvalue weighted by Crippen LogP contribution is 2.44. The molecule has 0 N–H and O–H groups in total. The van der Waals surface area contributed by atoms with Gasteiger partial charge in [0.2, 0.25) is 0 Å². The molecule has 0 aromatic heterocycles. The average molecular weight is 238 g/mol. The van der Waals surface area contributed by atoms with E-state index in [1.54, 1.807) is 0 Å². The molecule has 2 bridgehead atoms. The van der Waals surface area contributed by atoms with Gasteiger partial charge in [0.15, 0.2) is 0 Å². The maximum absolute atomic E-state index is 5.80. The average Bonchev–Trinajstić information content (AvgIpc) is 2.46. The van der Waals surface area contributed by atoms with Crippen molar-refractivity contribution in [3.63, 3.8) is 0 Å². The summed E-state index contributed by atoms with van der Waals surface area (Å²) >= 11 is 2.44. The van der Waals surface area contributed by atoms with Crippen LogP contribution in [-0.4, -0.2) is 16.1 Å². The minimum Gasteiger partial charge on any atom is -0.371 e. The molecule has 2 rings (SSSR count). The number of hydrogen-bond acceptors (Lipinski definition) is 1. The molecule has 2 heteroatoms. The Bertz CT molecular complexity index is 116. The highest BCUT2D eigenvalue weighted by atomic mass is 127. The minimum atomic E-state index is 0.339. The molecule has 0 aliphatic carbocycles. The van der Waals surface area contributed by atoms with Crippen LogP contribution in [0.15, 0.2) is 0 Å². The molecule has 0 atom stereocenters. The first kappa shape index (κ1) is 6.40. The van der Waals surface area contributed by atoms with Crippen molar-refractivity contribution < 1.29 is 4.74 Å². The standard InChI is InChI=1S/C7H11IO/c8-5-7-3-1-6(9-7)2-4-7/h6H,1-5H2. The van der Waals surface area contributed by atoms with Crippen LogP contribution < -0.4 is 0 Å². The SMILES string of the molecule is ICC12CCC(CC1)O2. The molecule has 0 amide bonds. The summed E-state index contributed by atoms with van der Waals surface area (Å²) in [4.78, 5) is 0. The monoisotopic (exact) mass is 238 g/mol. The van der Waals surface area contributed by atoms with Crippen molar-refractivity contribution in [2.75, 3.05) is 4.43 Å². The van der Waals surface area contributed by atoms with Crippen molar-refractivity contribution in [3.05, 3.63) is 0 Å². The Morgan fingerprint density at radius 3 is 2.33 bits per heavy atom. The fourth-order valence-corrected chi connectivity index (χ4v) is 2.81. The van der Waals surface area contributed by atoms with Gasteiger partial charge in [0.05, 0.1) is 11.7 Å². The van der Waals surface area contributed by atoms with E-state index in [0.717, 1.165) is 0 Å². The van der Waals surface area contributed by atoms with Crippen LogP contribution in [0.5, 0.6) is 0 Å². The van der Waals surface area contributed by atoms with Gasteiger partial charge in [0.1, 0.15) is 0 Å². The number of halogens is 1. The summed E-state index contributed by atoms with van der Waals surface area (Å²) in [5.41, 5.74) is 0.339. The smallest absolute Gasteiger partial charge is 0.0777 e. The summed E-state index contributed by atoms with van der Waals surface area (Å²) in [5, 5.41) is 0. The molecule has 52 valence electrons. The third-order valence-corrected chi connectivity index (χ3v) is 3.89. The van der Waals surface area contributed by atoms with Gasteiger partial charge < -0.3 is 4.74 Å². The molecule has 1 nitrogen and oxygen atoms in total. The Morgan fingerprint density at radius 1 is 1.44 bits per heavy atom. The third-order valence-electron chi connectivity index (χ3n) is 2.50. The van der Waals surface area contributed by atoms with E-state index in [1.807, 2.05) is 0 Å². The van der Waals surface area contributed by atoms with Gasteiger partial charge in [-0.25, -0.2) is 0 Å². The molecule has 2 heterocycles. The molecule has 9 heavy (non-hydrogen) atoms. The molecule has 0 aromatic carbocycles. The summed E-state index contributed by atoms with van der Waals surface area (Å²) in [6.07, 6.45) is 5.92. The first-order valence-electron chi connectivity index (χ1n) is 3.58. The second-order valence-corrected chi connectivity index (χ2v) is 3.90. The Hall–Kier alpha value is 0.690. The maximum atomic E-state index is 5.80. The molecule has 0 radical (unpaired) electrons. The zero-order valence-corrected chi connectivity index (χ0v) is 7.56. The third kappa shape index (κ3) is 0.909. The lowest BCUT2D eigenvalue weighted by Crippen LogP contribution is -2.25. The molecular weight excluding hydrogens is 227 g/mol. The van der Waals surface area contributed by atoms with E-state index < -0.39 is 0 Å². The predicted molar refractivity (Wildman–Crippen MR) is 45.0 cm³/mol. The molecule has 2 saturated heterocycles. The predicted octanol–water partition coefficient (Wildman–Crippen LogP) is 2.13.